The van der Waals surface area contributed by atoms with Gasteiger partial charge in [-0.2, -0.15) is 0 Å². The van der Waals surface area contributed by atoms with Gasteiger partial charge in [0.2, 0.25) is 0 Å². The third kappa shape index (κ3) is 9.29. The van der Waals surface area contributed by atoms with E-state index in [0.717, 1.165) is 0 Å². The second-order valence-electron chi connectivity index (χ2n) is 7.86. The minimum absolute atomic E-state index is 0.573. The molecular formula is C21H44OSi. The molecule has 0 amide bonds. The summed E-state index contributed by atoms with van der Waals surface area (Å²) in [6.07, 6.45) is 20.3. The molecule has 1 heterocycles. The number of rotatable bonds is 14. The summed E-state index contributed by atoms with van der Waals surface area (Å²) in [5, 5.41) is 0. The summed E-state index contributed by atoms with van der Waals surface area (Å²) in [7, 11) is -1.33. The molecule has 0 aliphatic carbocycles. The Labute approximate surface area is 148 Å². The van der Waals surface area contributed by atoms with Crippen LogP contribution < -0.4 is 0 Å². The Morgan fingerprint density at radius 1 is 0.739 bits per heavy atom. The van der Waals surface area contributed by atoms with E-state index in [-0.39, 0.29) is 0 Å². The molecule has 1 fully saturated rings. The van der Waals surface area contributed by atoms with Crippen molar-refractivity contribution in [3.8, 4) is 0 Å². The van der Waals surface area contributed by atoms with Crippen LogP contribution in [0.25, 0.3) is 0 Å². The highest BCUT2D eigenvalue weighted by atomic mass is 28.4. The van der Waals surface area contributed by atoms with Gasteiger partial charge in [-0.15, -0.1) is 0 Å². The molecule has 0 spiro atoms. The van der Waals surface area contributed by atoms with E-state index in [0.29, 0.717) is 6.10 Å². The molecule has 0 N–H and O–H groups in total. The number of hydrogen-bond donors (Lipinski definition) is 0. The van der Waals surface area contributed by atoms with Crippen molar-refractivity contribution in [3.05, 3.63) is 0 Å². The van der Waals surface area contributed by atoms with E-state index in [2.05, 4.69) is 20.8 Å². The molecule has 2 heteroatoms. The first-order chi connectivity index (χ1) is 11.3. The van der Waals surface area contributed by atoms with E-state index in [1.807, 2.05) is 0 Å². The largest absolute Gasteiger partial charge is 0.414 e. The van der Waals surface area contributed by atoms with Crippen molar-refractivity contribution in [3.63, 3.8) is 0 Å². The Morgan fingerprint density at radius 2 is 1.30 bits per heavy atom. The van der Waals surface area contributed by atoms with Crippen molar-refractivity contribution < 1.29 is 4.43 Å². The van der Waals surface area contributed by atoms with Gasteiger partial charge in [0.05, 0.1) is 0 Å². The second-order valence-corrected chi connectivity index (χ2v) is 12.2. The van der Waals surface area contributed by atoms with Gasteiger partial charge < -0.3 is 4.43 Å². The van der Waals surface area contributed by atoms with Crippen LogP contribution in [0.5, 0.6) is 0 Å². The standard InChI is InChI=1S/C21H44OSi/c1-4-7-8-9-10-11-12-13-15-18-21(5-2)22-23(6-3)19-16-14-17-20-23/h21H,4-20H2,1-3H3. The summed E-state index contributed by atoms with van der Waals surface area (Å²) in [6, 6.07) is 4.23. The molecular weight excluding hydrogens is 296 g/mol. The highest BCUT2D eigenvalue weighted by Gasteiger charge is 2.36. The van der Waals surface area contributed by atoms with Crippen molar-refractivity contribution in [1.82, 2.24) is 0 Å². The normalized spacial score (nSPS) is 18.9. The molecule has 0 aromatic heterocycles. The van der Waals surface area contributed by atoms with Gasteiger partial charge >= 0.3 is 0 Å². The average Bonchev–Trinajstić information content (AvgIpc) is 2.60. The fourth-order valence-corrected chi connectivity index (χ4v) is 8.27. The number of unbranched alkanes of at least 4 members (excludes halogenated alkanes) is 8. The zero-order valence-corrected chi connectivity index (χ0v) is 17.5. The molecule has 0 saturated carbocycles. The predicted molar refractivity (Wildman–Crippen MR) is 107 cm³/mol. The van der Waals surface area contributed by atoms with Crippen LogP contribution in [0.4, 0.5) is 0 Å². The smallest absolute Gasteiger partial charge is 0.192 e. The lowest BCUT2D eigenvalue weighted by Gasteiger charge is -2.37. The van der Waals surface area contributed by atoms with Gasteiger partial charge in [0, 0.05) is 6.10 Å². The molecule has 0 bridgehead atoms. The summed E-state index contributed by atoms with van der Waals surface area (Å²) in [5.41, 5.74) is 0. The van der Waals surface area contributed by atoms with E-state index >= 15 is 0 Å². The Kier molecular flexibility index (Phi) is 12.4. The fourth-order valence-electron chi connectivity index (χ4n) is 4.13. The van der Waals surface area contributed by atoms with Crippen molar-refractivity contribution in [2.45, 2.75) is 135 Å². The molecule has 0 aromatic rings. The van der Waals surface area contributed by atoms with Gasteiger partial charge in [0.25, 0.3) is 0 Å². The van der Waals surface area contributed by atoms with Gasteiger partial charge in [-0.3, -0.25) is 0 Å². The second kappa shape index (κ2) is 13.5. The molecule has 1 aliphatic rings. The maximum Gasteiger partial charge on any atom is 0.192 e. The third-order valence-electron chi connectivity index (χ3n) is 5.91. The van der Waals surface area contributed by atoms with Crippen molar-refractivity contribution >= 4 is 8.32 Å². The molecule has 1 saturated heterocycles. The minimum Gasteiger partial charge on any atom is -0.414 e. The molecule has 0 aromatic carbocycles. The summed E-state index contributed by atoms with van der Waals surface area (Å²) in [4.78, 5) is 0. The lowest BCUT2D eigenvalue weighted by molar-refractivity contribution is 0.164. The molecule has 0 radical (unpaired) electrons. The highest BCUT2D eigenvalue weighted by molar-refractivity contribution is 6.73. The zero-order chi connectivity index (χ0) is 16.8. The van der Waals surface area contributed by atoms with Crippen LogP contribution >= 0.6 is 0 Å². The lowest BCUT2D eigenvalue weighted by Crippen LogP contribution is -2.42. The Balaban J connectivity index is 2.09. The minimum atomic E-state index is -1.33. The summed E-state index contributed by atoms with van der Waals surface area (Å²) < 4.78 is 6.79. The van der Waals surface area contributed by atoms with Crippen LogP contribution in [0.1, 0.15) is 111 Å². The summed E-state index contributed by atoms with van der Waals surface area (Å²) >= 11 is 0. The lowest BCUT2D eigenvalue weighted by atomic mass is 10.0. The topological polar surface area (TPSA) is 9.23 Å². The van der Waals surface area contributed by atoms with Gasteiger partial charge in [0.15, 0.2) is 8.32 Å². The fraction of sp³-hybridized carbons (Fsp3) is 1.00. The van der Waals surface area contributed by atoms with Gasteiger partial charge in [-0.05, 0) is 31.0 Å². The van der Waals surface area contributed by atoms with Gasteiger partial charge in [0.1, 0.15) is 0 Å². The van der Waals surface area contributed by atoms with E-state index in [1.54, 1.807) is 0 Å². The van der Waals surface area contributed by atoms with E-state index in [9.17, 15) is 0 Å². The van der Waals surface area contributed by atoms with Crippen LogP contribution in [-0.2, 0) is 4.43 Å². The molecule has 23 heavy (non-hydrogen) atoms. The maximum atomic E-state index is 6.79. The van der Waals surface area contributed by atoms with E-state index in [1.165, 1.54) is 108 Å². The molecule has 1 atom stereocenters. The van der Waals surface area contributed by atoms with Crippen LogP contribution in [0.3, 0.4) is 0 Å². The quantitative estimate of drug-likeness (QED) is 0.231. The van der Waals surface area contributed by atoms with E-state index in [4.69, 9.17) is 4.43 Å². The third-order valence-corrected chi connectivity index (χ3v) is 10.6. The van der Waals surface area contributed by atoms with Crippen LogP contribution in [-0.4, -0.2) is 14.4 Å². The molecule has 1 aliphatic heterocycles. The SMILES string of the molecule is CCCCCCCCCCCC(CC)O[Si]1(CC)CCCCC1. The van der Waals surface area contributed by atoms with Crippen LogP contribution in [0.2, 0.25) is 18.1 Å². The average molecular weight is 341 g/mol. The Morgan fingerprint density at radius 3 is 1.83 bits per heavy atom. The van der Waals surface area contributed by atoms with Gasteiger partial charge in [-0.1, -0.05) is 97.8 Å². The summed E-state index contributed by atoms with van der Waals surface area (Å²) in [6.45, 7) is 7.02. The molecule has 1 nitrogen and oxygen atoms in total. The van der Waals surface area contributed by atoms with Crippen molar-refractivity contribution in [2.24, 2.45) is 0 Å². The van der Waals surface area contributed by atoms with Crippen LogP contribution in [0.15, 0.2) is 0 Å². The molecule has 1 rings (SSSR count). The van der Waals surface area contributed by atoms with Crippen molar-refractivity contribution in [2.75, 3.05) is 0 Å². The van der Waals surface area contributed by atoms with Crippen LogP contribution in [0, 0.1) is 0 Å². The zero-order valence-electron chi connectivity index (χ0n) is 16.5. The first-order valence-corrected chi connectivity index (χ1v) is 13.5. The van der Waals surface area contributed by atoms with Gasteiger partial charge in [-0.25, -0.2) is 0 Å². The first kappa shape index (κ1) is 21.2. The monoisotopic (exact) mass is 340 g/mol. The number of hydrogen-bond acceptors (Lipinski definition) is 1. The van der Waals surface area contributed by atoms with E-state index < -0.39 is 8.32 Å². The van der Waals surface area contributed by atoms with Crippen molar-refractivity contribution in [1.29, 1.82) is 0 Å². The Bertz CT molecular complexity index is 261. The highest BCUT2D eigenvalue weighted by Crippen LogP contribution is 2.34. The molecule has 138 valence electrons. The summed E-state index contributed by atoms with van der Waals surface area (Å²) in [5.74, 6) is 0. The predicted octanol–water partition coefficient (Wildman–Crippen LogP) is 7.85. The first-order valence-electron chi connectivity index (χ1n) is 10.9. The Hall–Kier alpha value is 0.177. The maximum absolute atomic E-state index is 6.79. The molecule has 1 unspecified atom stereocenters.